The predicted octanol–water partition coefficient (Wildman–Crippen LogP) is -1.18. The number of nitrogens with one attached hydrogen (secondary N) is 1. The van der Waals surface area contributed by atoms with Gasteiger partial charge >= 0.3 is 17.9 Å². The van der Waals surface area contributed by atoms with Gasteiger partial charge in [-0.2, -0.15) is 9.36 Å². The van der Waals surface area contributed by atoms with E-state index in [9.17, 15) is 44.2 Å². The molecule has 49 heavy (non-hydrogen) atoms. The number of aromatic nitrogens is 2. The highest BCUT2D eigenvalue weighted by Gasteiger charge is 2.54. The lowest BCUT2D eigenvalue weighted by Gasteiger charge is -2.49. The summed E-state index contributed by atoms with van der Waals surface area (Å²) < 4.78 is 18.7. The standard InChI is InChI=1S/C27H28N8O12S2/c1-10-15(47-27(43)46-10)8-45-26(42)34-6-13(5-14(34)7-36)33-3-2-11(21(33)38)4-12-9-48-23-17(22(39)35(23)18(12)24(40)41)29-20(37)16(31-44)19-30-25(28)49-32-19/h4,13-14,17,23,36,44H,2-3,5-9H2,1H3,(H,29,37)(H,40,41)(H2,28,30,32)/b11-4+,31-16-/t13-,14-,17-,23-/m1/s1. The van der Waals surface area contributed by atoms with Crippen LogP contribution in [-0.4, -0.2) is 124 Å². The van der Waals surface area contributed by atoms with Crippen LogP contribution in [0.5, 0.6) is 0 Å². The van der Waals surface area contributed by atoms with Gasteiger partial charge in [0.1, 0.15) is 17.1 Å². The van der Waals surface area contributed by atoms with Crippen molar-refractivity contribution in [3.63, 3.8) is 0 Å². The number of carboxylic acids is 1. The van der Waals surface area contributed by atoms with Crippen LogP contribution in [0, 0.1) is 6.92 Å². The molecule has 22 heteroatoms. The van der Waals surface area contributed by atoms with Gasteiger partial charge in [0.15, 0.2) is 23.3 Å². The van der Waals surface area contributed by atoms with Crippen LogP contribution in [0.25, 0.3) is 0 Å². The third-order valence-electron chi connectivity index (χ3n) is 8.40. The number of amides is 4. The molecule has 0 spiro atoms. The number of nitrogen functional groups attached to an aromatic ring is 1. The van der Waals surface area contributed by atoms with Crippen LogP contribution in [0.4, 0.5) is 9.93 Å². The summed E-state index contributed by atoms with van der Waals surface area (Å²) in [6.07, 6.45) is 1.19. The second-order valence-corrected chi connectivity index (χ2v) is 13.1. The van der Waals surface area contributed by atoms with Crippen molar-refractivity contribution >= 4 is 63.9 Å². The number of fused-ring (bicyclic) bond motifs is 1. The van der Waals surface area contributed by atoms with Gasteiger partial charge in [0.2, 0.25) is 17.4 Å². The molecule has 6 rings (SSSR count). The second kappa shape index (κ2) is 13.4. The number of β-lactam (4-membered cyclic amide) rings is 1. The number of likely N-dealkylation sites (tertiary alicyclic amines) is 2. The van der Waals surface area contributed by atoms with Crippen molar-refractivity contribution in [2.24, 2.45) is 5.16 Å². The summed E-state index contributed by atoms with van der Waals surface area (Å²) in [6.45, 7) is 1.05. The highest BCUT2D eigenvalue weighted by atomic mass is 32.2. The number of anilines is 1. The number of carboxylic acid groups (broad SMARTS) is 1. The number of thioether (sulfide) groups is 1. The van der Waals surface area contributed by atoms with Gasteiger partial charge in [-0.05, 0) is 31.4 Å². The zero-order valence-electron chi connectivity index (χ0n) is 25.4. The minimum absolute atomic E-state index is 0.0226. The topological polar surface area (TPSA) is 285 Å². The molecule has 3 saturated heterocycles. The van der Waals surface area contributed by atoms with E-state index < -0.39 is 58.9 Å². The first kappa shape index (κ1) is 33.7. The molecule has 2 aromatic rings. The first-order valence-corrected chi connectivity index (χ1v) is 16.4. The van der Waals surface area contributed by atoms with Crippen molar-refractivity contribution < 1.29 is 53.0 Å². The van der Waals surface area contributed by atoms with Gasteiger partial charge in [0.25, 0.3) is 11.8 Å². The van der Waals surface area contributed by atoms with Crippen LogP contribution in [0.3, 0.4) is 0 Å². The number of nitrogens with two attached hydrogens (primary N) is 1. The number of rotatable bonds is 9. The first-order chi connectivity index (χ1) is 23.4. The van der Waals surface area contributed by atoms with E-state index in [4.69, 9.17) is 19.3 Å². The Morgan fingerprint density at radius 3 is 2.65 bits per heavy atom. The van der Waals surface area contributed by atoms with Gasteiger partial charge in [-0.15, -0.1) is 11.8 Å². The maximum Gasteiger partial charge on any atom is 0.519 e. The Morgan fingerprint density at radius 1 is 1.24 bits per heavy atom. The largest absolute Gasteiger partial charge is 0.519 e. The van der Waals surface area contributed by atoms with Crippen molar-refractivity contribution in [1.82, 2.24) is 29.4 Å². The molecule has 4 atom stereocenters. The molecular weight excluding hydrogens is 692 g/mol. The summed E-state index contributed by atoms with van der Waals surface area (Å²) in [7, 11) is 0. The normalized spacial score (nSPS) is 24.8. The van der Waals surface area contributed by atoms with Gasteiger partial charge in [-0.3, -0.25) is 19.3 Å². The molecule has 0 saturated carbocycles. The molecular formula is C27H28N8O12S2. The number of hydrogen-bond donors (Lipinski definition) is 5. The minimum atomic E-state index is -1.40. The van der Waals surface area contributed by atoms with E-state index in [1.807, 2.05) is 0 Å². The quantitative estimate of drug-likeness (QED) is 0.0670. The van der Waals surface area contributed by atoms with Crippen molar-refractivity contribution in [3.05, 3.63) is 50.9 Å². The fourth-order valence-corrected chi connectivity index (χ4v) is 7.78. The van der Waals surface area contributed by atoms with E-state index >= 15 is 0 Å². The van der Waals surface area contributed by atoms with Crippen LogP contribution in [0.2, 0.25) is 0 Å². The Balaban J connectivity index is 1.12. The number of carbonyl (C=O) groups excluding carboxylic acids is 4. The summed E-state index contributed by atoms with van der Waals surface area (Å²) in [4.78, 5) is 83.6. The third-order valence-corrected chi connectivity index (χ3v) is 10.2. The molecule has 20 nitrogen and oxygen atoms in total. The second-order valence-electron chi connectivity index (χ2n) is 11.2. The highest BCUT2D eigenvalue weighted by molar-refractivity contribution is 8.00. The zero-order valence-corrected chi connectivity index (χ0v) is 27.1. The molecule has 0 aliphatic carbocycles. The van der Waals surface area contributed by atoms with Crippen molar-refractivity contribution in [2.75, 3.05) is 31.2 Å². The number of aliphatic carboxylic acids is 1. The highest BCUT2D eigenvalue weighted by Crippen LogP contribution is 2.41. The number of carbonyl (C=O) groups is 5. The Kier molecular flexibility index (Phi) is 9.18. The maximum atomic E-state index is 13.5. The molecule has 3 fully saturated rings. The molecule has 260 valence electrons. The molecule has 6 heterocycles. The number of oxime groups is 1. The van der Waals surface area contributed by atoms with Crippen LogP contribution in [0.15, 0.2) is 41.7 Å². The van der Waals surface area contributed by atoms with Crippen LogP contribution >= 0.6 is 23.3 Å². The molecule has 0 bridgehead atoms. The van der Waals surface area contributed by atoms with E-state index in [0.717, 1.165) is 16.4 Å². The number of allylic oxidation sites excluding steroid dienone is 1. The Morgan fingerprint density at radius 2 is 2.02 bits per heavy atom. The molecule has 0 unspecified atom stereocenters. The zero-order chi connectivity index (χ0) is 35.1. The van der Waals surface area contributed by atoms with Gasteiger partial charge in [-0.25, -0.2) is 14.4 Å². The number of aliphatic hydroxyl groups is 1. The van der Waals surface area contributed by atoms with Gasteiger partial charge in [-0.1, -0.05) is 5.16 Å². The predicted molar refractivity (Wildman–Crippen MR) is 165 cm³/mol. The number of nitrogens with zero attached hydrogens (tertiary/aromatic N) is 6. The lowest BCUT2D eigenvalue weighted by atomic mass is 10.0. The molecule has 4 aliphatic heterocycles. The molecule has 2 aromatic heterocycles. The summed E-state index contributed by atoms with van der Waals surface area (Å²) in [5.74, 6) is -4.36. The van der Waals surface area contributed by atoms with Gasteiger partial charge in [0, 0.05) is 35.9 Å². The summed E-state index contributed by atoms with van der Waals surface area (Å²) in [5, 5.41) is 33.9. The van der Waals surface area contributed by atoms with Crippen molar-refractivity contribution in [3.8, 4) is 0 Å². The fraction of sp³-hybridized carbons (Fsp3) is 0.444. The third kappa shape index (κ3) is 6.24. The average molecular weight is 721 g/mol. The van der Waals surface area contributed by atoms with Crippen molar-refractivity contribution in [1.29, 1.82) is 0 Å². The molecule has 6 N–H and O–H groups in total. The Hall–Kier alpha value is -5.22. The van der Waals surface area contributed by atoms with Crippen LogP contribution in [-0.2, 0) is 30.5 Å². The fourth-order valence-electron chi connectivity index (χ4n) is 6.04. The maximum absolute atomic E-state index is 13.5. The van der Waals surface area contributed by atoms with E-state index in [-0.39, 0.29) is 84.6 Å². The number of aryl methyl sites for hydroxylation is 1. The van der Waals surface area contributed by atoms with Crippen LogP contribution < -0.4 is 16.9 Å². The summed E-state index contributed by atoms with van der Waals surface area (Å²) in [6, 6.07) is -2.26. The van der Waals surface area contributed by atoms with Gasteiger partial charge in [0.05, 0.1) is 18.7 Å². The molecule has 0 aromatic carbocycles. The number of ether oxygens (including phenoxy) is 1. The number of hydrogen-bond acceptors (Lipinski definition) is 17. The smallest absolute Gasteiger partial charge is 0.477 e. The van der Waals surface area contributed by atoms with E-state index in [1.165, 1.54) is 29.7 Å². The lowest BCUT2D eigenvalue weighted by Crippen LogP contribution is -2.71. The van der Waals surface area contributed by atoms with E-state index in [1.54, 1.807) is 4.90 Å². The van der Waals surface area contributed by atoms with Crippen LogP contribution in [0.1, 0.15) is 30.2 Å². The molecule has 4 aliphatic rings. The SMILES string of the molecule is Cc1oc(=O)oc1COC(=O)N1C[C@H](N2CC/C(=C\C3=C(C(=O)O)N4C(=O)[C@@H](NC(=O)/C(=N\O)c5nsc(N)n5)[C@H]4SC3)C2=O)C[C@@H]1CO. The minimum Gasteiger partial charge on any atom is -0.477 e. The first-order valence-electron chi connectivity index (χ1n) is 14.6. The number of aliphatic hydroxyl groups excluding tert-OH is 1. The Labute approximate surface area is 283 Å². The summed E-state index contributed by atoms with van der Waals surface area (Å²) in [5.41, 5.74) is 5.15. The lowest BCUT2D eigenvalue weighted by molar-refractivity contribution is -0.150. The molecule has 4 amide bonds. The summed E-state index contributed by atoms with van der Waals surface area (Å²) >= 11 is 1.94. The van der Waals surface area contributed by atoms with Crippen molar-refractivity contribution in [2.45, 2.75) is 49.9 Å². The van der Waals surface area contributed by atoms with E-state index in [2.05, 4.69) is 19.8 Å². The molecule has 0 radical (unpaired) electrons. The van der Waals surface area contributed by atoms with Gasteiger partial charge < -0.3 is 49.8 Å². The average Bonchev–Trinajstić information content (AvgIpc) is 3.85. The monoisotopic (exact) mass is 720 g/mol. The Bertz CT molecular complexity index is 1880. The van der Waals surface area contributed by atoms with E-state index in [0.29, 0.717) is 5.57 Å².